The molecular weight excluding hydrogens is 334 g/mol. The highest BCUT2D eigenvalue weighted by Gasteiger charge is 2.34. The second-order valence-electron chi connectivity index (χ2n) is 6.45. The molecule has 1 aliphatic rings. The first kappa shape index (κ1) is 17.0. The number of hydrogen-bond acceptors (Lipinski definition) is 2. The lowest BCUT2D eigenvalue weighted by molar-refractivity contribution is 0.0657. The molecule has 3 nitrogen and oxygen atoms in total. The van der Waals surface area contributed by atoms with E-state index >= 15 is 0 Å². The first-order chi connectivity index (χ1) is 13.3. The number of amides is 2. The van der Waals surface area contributed by atoms with E-state index in [1.165, 1.54) is 4.90 Å². The number of rotatable bonds is 5. The molecular formula is C24H19NO2. The van der Waals surface area contributed by atoms with Crippen LogP contribution in [-0.4, -0.2) is 23.3 Å². The van der Waals surface area contributed by atoms with Crippen molar-refractivity contribution in [2.24, 2.45) is 0 Å². The summed E-state index contributed by atoms with van der Waals surface area (Å²) in [6, 6.07) is 27.3. The van der Waals surface area contributed by atoms with Crippen LogP contribution in [0.3, 0.4) is 0 Å². The molecule has 1 heterocycles. The van der Waals surface area contributed by atoms with E-state index in [0.29, 0.717) is 24.1 Å². The van der Waals surface area contributed by atoms with Crippen LogP contribution in [0.4, 0.5) is 0 Å². The number of imide groups is 1. The SMILES string of the molecule is O=C1c2ccccc2C(=O)N1CCC=C(c1ccccc1)c1ccccc1. The summed E-state index contributed by atoms with van der Waals surface area (Å²) in [5, 5.41) is 0. The maximum Gasteiger partial charge on any atom is 0.261 e. The summed E-state index contributed by atoms with van der Waals surface area (Å²) in [5.74, 6) is -0.407. The minimum atomic E-state index is -0.204. The third kappa shape index (κ3) is 3.32. The smallest absolute Gasteiger partial charge is 0.261 e. The number of hydrogen-bond donors (Lipinski definition) is 0. The van der Waals surface area contributed by atoms with Crippen molar-refractivity contribution < 1.29 is 9.59 Å². The zero-order chi connectivity index (χ0) is 18.6. The van der Waals surface area contributed by atoms with Crippen molar-refractivity contribution in [2.45, 2.75) is 6.42 Å². The monoisotopic (exact) mass is 353 g/mol. The van der Waals surface area contributed by atoms with Crippen LogP contribution < -0.4 is 0 Å². The van der Waals surface area contributed by atoms with Crippen LogP contribution in [0.25, 0.3) is 5.57 Å². The van der Waals surface area contributed by atoms with E-state index in [-0.39, 0.29) is 11.8 Å². The first-order valence-corrected chi connectivity index (χ1v) is 9.02. The van der Waals surface area contributed by atoms with Gasteiger partial charge in [0.05, 0.1) is 11.1 Å². The van der Waals surface area contributed by atoms with Gasteiger partial charge >= 0.3 is 0 Å². The molecule has 2 amide bonds. The molecule has 3 aromatic rings. The molecule has 0 radical (unpaired) electrons. The molecule has 0 atom stereocenters. The van der Waals surface area contributed by atoms with Gasteiger partial charge in [-0.2, -0.15) is 0 Å². The molecule has 0 unspecified atom stereocenters. The van der Waals surface area contributed by atoms with Crippen LogP contribution in [0.5, 0.6) is 0 Å². The van der Waals surface area contributed by atoms with Crippen molar-refractivity contribution in [3.63, 3.8) is 0 Å². The van der Waals surface area contributed by atoms with Crippen LogP contribution in [0.15, 0.2) is 91.0 Å². The maximum absolute atomic E-state index is 12.5. The van der Waals surface area contributed by atoms with E-state index in [1.54, 1.807) is 24.3 Å². The minimum Gasteiger partial charge on any atom is -0.274 e. The number of benzene rings is 3. The van der Waals surface area contributed by atoms with Crippen molar-refractivity contribution in [1.82, 2.24) is 4.90 Å². The van der Waals surface area contributed by atoms with Gasteiger partial charge in [-0.3, -0.25) is 14.5 Å². The van der Waals surface area contributed by atoms with Crippen molar-refractivity contribution in [1.29, 1.82) is 0 Å². The van der Waals surface area contributed by atoms with Crippen LogP contribution in [0, 0.1) is 0 Å². The van der Waals surface area contributed by atoms with Crippen molar-refractivity contribution in [3.05, 3.63) is 113 Å². The molecule has 1 aliphatic heterocycles. The second-order valence-corrected chi connectivity index (χ2v) is 6.45. The summed E-state index contributed by atoms with van der Waals surface area (Å²) in [5.41, 5.74) is 4.33. The number of nitrogens with zero attached hydrogens (tertiary/aromatic N) is 1. The highest BCUT2D eigenvalue weighted by atomic mass is 16.2. The molecule has 0 aliphatic carbocycles. The molecule has 27 heavy (non-hydrogen) atoms. The third-order valence-electron chi connectivity index (χ3n) is 4.75. The molecule has 0 bridgehead atoms. The predicted molar refractivity (Wildman–Crippen MR) is 106 cm³/mol. The Hall–Kier alpha value is -3.46. The van der Waals surface area contributed by atoms with Gasteiger partial charge in [0, 0.05) is 6.54 Å². The van der Waals surface area contributed by atoms with E-state index < -0.39 is 0 Å². The summed E-state index contributed by atoms with van der Waals surface area (Å²) >= 11 is 0. The highest BCUT2D eigenvalue weighted by molar-refractivity contribution is 6.21. The molecule has 0 spiro atoms. The zero-order valence-electron chi connectivity index (χ0n) is 14.8. The predicted octanol–water partition coefficient (Wildman–Crippen LogP) is 4.80. The average Bonchev–Trinajstić information content (AvgIpc) is 2.97. The Labute approximate surface area is 158 Å². The van der Waals surface area contributed by atoms with Gasteiger partial charge in [0.2, 0.25) is 0 Å². The summed E-state index contributed by atoms with van der Waals surface area (Å²) in [6.07, 6.45) is 2.71. The minimum absolute atomic E-state index is 0.204. The standard InChI is InChI=1S/C24H19NO2/c26-23-21-14-7-8-15-22(21)24(27)25(23)17-9-16-20(18-10-3-1-4-11-18)19-12-5-2-6-13-19/h1-8,10-16H,9,17H2. The molecule has 0 saturated heterocycles. The summed E-state index contributed by atoms with van der Waals surface area (Å²) in [7, 11) is 0. The fourth-order valence-corrected chi connectivity index (χ4v) is 3.42. The van der Waals surface area contributed by atoms with E-state index in [4.69, 9.17) is 0 Å². The lowest BCUT2D eigenvalue weighted by atomic mass is 9.97. The van der Waals surface area contributed by atoms with Gasteiger partial charge in [-0.15, -0.1) is 0 Å². The van der Waals surface area contributed by atoms with Crippen LogP contribution in [0.1, 0.15) is 38.3 Å². The number of fused-ring (bicyclic) bond motifs is 1. The van der Waals surface area contributed by atoms with Gasteiger partial charge in [0.1, 0.15) is 0 Å². The lowest BCUT2D eigenvalue weighted by Crippen LogP contribution is -2.30. The maximum atomic E-state index is 12.5. The number of carbonyl (C=O) groups is 2. The van der Waals surface area contributed by atoms with Crippen LogP contribution in [0.2, 0.25) is 0 Å². The molecule has 3 heteroatoms. The van der Waals surface area contributed by atoms with Crippen molar-refractivity contribution in [3.8, 4) is 0 Å². The molecule has 0 saturated carbocycles. The van der Waals surface area contributed by atoms with Gasteiger partial charge in [0.15, 0.2) is 0 Å². The highest BCUT2D eigenvalue weighted by Crippen LogP contribution is 2.25. The van der Waals surface area contributed by atoms with Gasteiger partial charge < -0.3 is 0 Å². The molecule has 4 rings (SSSR count). The quantitative estimate of drug-likeness (QED) is 0.618. The normalized spacial score (nSPS) is 12.8. The van der Waals surface area contributed by atoms with E-state index in [2.05, 4.69) is 30.3 Å². The topological polar surface area (TPSA) is 37.4 Å². The lowest BCUT2D eigenvalue weighted by Gasteiger charge is -2.13. The molecule has 132 valence electrons. The molecule has 3 aromatic carbocycles. The summed E-state index contributed by atoms with van der Waals surface area (Å²) < 4.78 is 0. The van der Waals surface area contributed by atoms with Crippen molar-refractivity contribution in [2.75, 3.05) is 6.54 Å². The Morgan fingerprint density at radius 2 is 1.11 bits per heavy atom. The van der Waals surface area contributed by atoms with Gasteiger partial charge in [0.25, 0.3) is 11.8 Å². The fourth-order valence-electron chi connectivity index (χ4n) is 3.42. The van der Waals surface area contributed by atoms with Gasteiger partial charge in [-0.1, -0.05) is 78.9 Å². The van der Waals surface area contributed by atoms with Gasteiger partial charge in [-0.05, 0) is 35.3 Å². The third-order valence-corrected chi connectivity index (χ3v) is 4.75. The van der Waals surface area contributed by atoms with E-state index in [1.807, 2.05) is 36.4 Å². The van der Waals surface area contributed by atoms with E-state index in [9.17, 15) is 9.59 Å². The second kappa shape index (κ2) is 7.42. The van der Waals surface area contributed by atoms with Gasteiger partial charge in [-0.25, -0.2) is 0 Å². The Morgan fingerprint density at radius 1 is 0.667 bits per heavy atom. The number of carbonyl (C=O) groups excluding carboxylic acids is 2. The molecule has 0 aromatic heterocycles. The van der Waals surface area contributed by atoms with Crippen molar-refractivity contribution >= 4 is 17.4 Å². The Bertz CT molecular complexity index is 930. The largest absolute Gasteiger partial charge is 0.274 e. The Kier molecular flexibility index (Phi) is 4.67. The first-order valence-electron chi connectivity index (χ1n) is 9.02. The summed E-state index contributed by atoms with van der Waals surface area (Å²) in [6.45, 7) is 0.371. The zero-order valence-corrected chi connectivity index (χ0v) is 14.8. The Morgan fingerprint density at radius 3 is 1.59 bits per heavy atom. The fraction of sp³-hybridized carbons (Fsp3) is 0.0833. The van der Waals surface area contributed by atoms with Crippen LogP contribution in [-0.2, 0) is 0 Å². The summed E-state index contributed by atoms with van der Waals surface area (Å²) in [4.78, 5) is 26.4. The molecule has 0 N–H and O–H groups in total. The van der Waals surface area contributed by atoms with Crippen LogP contribution >= 0.6 is 0 Å². The Balaban J connectivity index is 1.57. The molecule has 0 fully saturated rings. The van der Waals surface area contributed by atoms with E-state index in [0.717, 1.165) is 16.7 Å². The average molecular weight is 353 g/mol.